The van der Waals surface area contributed by atoms with Gasteiger partial charge in [0.1, 0.15) is 24.0 Å². The summed E-state index contributed by atoms with van der Waals surface area (Å²) in [6.45, 7) is 1.21. The van der Waals surface area contributed by atoms with E-state index in [0.29, 0.717) is 5.75 Å². The molecule has 41 heavy (non-hydrogen) atoms. The minimum absolute atomic E-state index is 0.354. The molecule has 5 rings (SSSR count). The van der Waals surface area contributed by atoms with Gasteiger partial charge < -0.3 is 24.2 Å². The summed E-state index contributed by atoms with van der Waals surface area (Å²) in [4.78, 5) is 38.6. The van der Waals surface area contributed by atoms with Crippen molar-refractivity contribution in [1.29, 1.82) is 0 Å². The zero-order chi connectivity index (χ0) is 29.7. The summed E-state index contributed by atoms with van der Waals surface area (Å²) in [6.07, 6.45) is 2.27. The Balaban J connectivity index is 1.47. The first-order valence-electron chi connectivity index (χ1n) is 12.7. The SMILES string of the molecule is C#C[C@]1(O)[C@H](n2ccc(=O)[nH]c2=O)OC2C(OP(=S)(NC(C)C(=O)OC(C)C)Oc3cccc4ccccc34)[C@@]21O. The topological polar surface area (TPSA) is 161 Å². The van der Waals surface area contributed by atoms with Crippen LogP contribution in [0.3, 0.4) is 0 Å². The van der Waals surface area contributed by atoms with E-state index in [1.807, 2.05) is 30.3 Å². The molecule has 1 saturated carbocycles. The Bertz CT molecular complexity index is 1710. The third-order valence-electron chi connectivity index (χ3n) is 6.88. The van der Waals surface area contributed by atoms with Crippen LogP contribution >= 0.6 is 6.64 Å². The smallest absolute Gasteiger partial charge is 0.330 e. The predicted molar refractivity (Wildman–Crippen MR) is 152 cm³/mol. The number of aromatic amines is 1. The van der Waals surface area contributed by atoms with Gasteiger partial charge in [0.2, 0.25) is 5.60 Å². The van der Waals surface area contributed by atoms with Crippen molar-refractivity contribution in [3.63, 3.8) is 0 Å². The highest BCUT2D eigenvalue weighted by atomic mass is 32.5. The minimum atomic E-state index is -3.72. The molecule has 2 aromatic carbocycles. The minimum Gasteiger partial charge on any atom is -0.462 e. The zero-order valence-corrected chi connectivity index (χ0v) is 23.9. The van der Waals surface area contributed by atoms with Crippen molar-refractivity contribution in [2.45, 2.75) is 62.6 Å². The lowest BCUT2D eigenvalue weighted by Gasteiger charge is -2.33. The van der Waals surface area contributed by atoms with Crippen LogP contribution in [0.1, 0.15) is 27.0 Å². The quantitative estimate of drug-likeness (QED) is 0.159. The van der Waals surface area contributed by atoms with Crippen LogP contribution < -0.4 is 20.9 Å². The van der Waals surface area contributed by atoms with Crippen LogP contribution in [0, 0.1) is 12.3 Å². The fraction of sp³-hybridized carbons (Fsp3) is 0.370. The molecule has 2 heterocycles. The second kappa shape index (κ2) is 10.5. The van der Waals surface area contributed by atoms with Crippen LogP contribution in [0.2, 0.25) is 0 Å². The Hall–Kier alpha value is -3.34. The molecule has 0 spiro atoms. The van der Waals surface area contributed by atoms with E-state index in [1.165, 1.54) is 6.92 Å². The molecular formula is C27H28N3O9PS. The Morgan fingerprint density at radius 3 is 2.59 bits per heavy atom. The van der Waals surface area contributed by atoms with E-state index in [1.54, 1.807) is 26.0 Å². The van der Waals surface area contributed by atoms with E-state index in [0.717, 1.165) is 27.6 Å². The fourth-order valence-corrected chi connectivity index (χ4v) is 7.53. The summed E-state index contributed by atoms with van der Waals surface area (Å²) in [5, 5.41) is 27.5. The summed E-state index contributed by atoms with van der Waals surface area (Å²) in [5.41, 5.74) is -6.24. The number of nitrogens with one attached hydrogen (secondary N) is 2. The highest BCUT2D eigenvalue weighted by Crippen LogP contribution is 2.64. The number of carbonyl (C=O) groups is 1. The number of H-pyrrole nitrogens is 1. The second-order valence-corrected chi connectivity index (χ2v) is 13.2. The molecule has 7 atom stereocenters. The van der Waals surface area contributed by atoms with Gasteiger partial charge in [-0.15, -0.1) is 6.42 Å². The van der Waals surface area contributed by atoms with Gasteiger partial charge in [-0.1, -0.05) is 42.3 Å². The van der Waals surface area contributed by atoms with Gasteiger partial charge in [-0.2, -0.15) is 0 Å². The predicted octanol–water partition coefficient (Wildman–Crippen LogP) is 1.31. The highest BCUT2D eigenvalue weighted by Gasteiger charge is 2.85. The molecule has 2 fully saturated rings. The molecular weight excluding hydrogens is 573 g/mol. The van der Waals surface area contributed by atoms with Gasteiger partial charge in [0, 0.05) is 17.6 Å². The average molecular weight is 602 g/mol. The number of aliphatic hydroxyl groups is 2. The summed E-state index contributed by atoms with van der Waals surface area (Å²) >= 11 is 5.82. The van der Waals surface area contributed by atoms with E-state index >= 15 is 0 Å². The van der Waals surface area contributed by atoms with E-state index in [-0.39, 0.29) is 6.10 Å². The Morgan fingerprint density at radius 2 is 1.90 bits per heavy atom. The van der Waals surface area contributed by atoms with Crippen LogP contribution in [0.5, 0.6) is 5.75 Å². The number of esters is 1. The number of rotatable bonds is 9. The molecule has 12 nitrogen and oxygen atoms in total. The lowest BCUT2D eigenvalue weighted by molar-refractivity contribution is -0.149. The Kier molecular flexibility index (Phi) is 7.46. The molecule has 4 N–H and O–H groups in total. The van der Waals surface area contributed by atoms with Gasteiger partial charge in [-0.3, -0.25) is 23.7 Å². The molecule has 2 aliphatic rings. The molecule has 0 amide bonds. The maximum absolute atomic E-state index is 12.6. The first-order valence-corrected chi connectivity index (χ1v) is 15.3. The molecule has 14 heteroatoms. The van der Waals surface area contributed by atoms with Crippen molar-refractivity contribution in [3.8, 4) is 18.1 Å². The molecule has 0 bridgehead atoms. The van der Waals surface area contributed by atoms with Crippen LogP contribution in [0.4, 0.5) is 0 Å². The van der Waals surface area contributed by atoms with Crippen molar-refractivity contribution in [2.24, 2.45) is 0 Å². The molecule has 3 aromatic rings. The largest absolute Gasteiger partial charge is 0.462 e. The van der Waals surface area contributed by atoms with E-state index in [2.05, 4.69) is 16.0 Å². The van der Waals surface area contributed by atoms with Gasteiger partial charge in [0.25, 0.3) is 5.56 Å². The number of nitrogens with zero attached hydrogens (tertiary/aromatic N) is 1. The van der Waals surface area contributed by atoms with Gasteiger partial charge >= 0.3 is 18.3 Å². The Labute approximate surface area is 239 Å². The lowest BCUT2D eigenvalue weighted by atomic mass is 9.94. The normalized spacial score (nSPS) is 28.9. The van der Waals surface area contributed by atoms with Gasteiger partial charge in [-0.05, 0) is 44.0 Å². The number of carbonyl (C=O) groups excluding carboxylic acids is 1. The van der Waals surface area contributed by atoms with Crippen LogP contribution in [-0.2, 0) is 30.6 Å². The Morgan fingerprint density at radius 1 is 1.20 bits per heavy atom. The number of hydrogen-bond acceptors (Lipinski definition) is 10. The molecule has 1 aliphatic carbocycles. The van der Waals surface area contributed by atoms with E-state index in [9.17, 15) is 24.6 Å². The molecule has 216 valence electrons. The van der Waals surface area contributed by atoms with Crippen molar-refractivity contribution >= 4 is 35.2 Å². The van der Waals surface area contributed by atoms with Crippen molar-refractivity contribution in [2.75, 3.05) is 0 Å². The van der Waals surface area contributed by atoms with Crippen LogP contribution in [-0.4, -0.2) is 61.3 Å². The number of benzene rings is 2. The zero-order valence-electron chi connectivity index (χ0n) is 22.2. The first-order chi connectivity index (χ1) is 19.3. The third kappa shape index (κ3) is 5.02. The van der Waals surface area contributed by atoms with E-state index in [4.69, 9.17) is 36.8 Å². The van der Waals surface area contributed by atoms with Crippen molar-refractivity contribution < 1.29 is 33.5 Å². The monoisotopic (exact) mass is 601 g/mol. The molecule has 0 radical (unpaired) electrons. The summed E-state index contributed by atoms with van der Waals surface area (Å²) < 4.78 is 24.3. The third-order valence-corrected chi connectivity index (χ3v) is 9.32. The number of ether oxygens (including phenoxy) is 2. The van der Waals surface area contributed by atoms with Crippen LogP contribution in [0.15, 0.2) is 64.3 Å². The summed E-state index contributed by atoms with van der Waals surface area (Å²) in [5.74, 6) is 1.87. The second-order valence-electron chi connectivity index (χ2n) is 10.1. The lowest BCUT2D eigenvalue weighted by Crippen LogP contribution is -2.52. The van der Waals surface area contributed by atoms with Crippen molar-refractivity contribution in [1.82, 2.24) is 14.6 Å². The van der Waals surface area contributed by atoms with Crippen molar-refractivity contribution in [3.05, 3.63) is 75.6 Å². The van der Waals surface area contributed by atoms with Gasteiger partial charge in [0.15, 0.2) is 11.8 Å². The summed E-state index contributed by atoms with van der Waals surface area (Å²) in [6, 6.07) is 12.8. The first kappa shape index (κ1) is 29.2. The molecule has 1 aromatic heterocycles. The number of terminal acetylenes is 1. The van der Waals surface area contributed by atoms with Gasteiger partial charge in [0.05, 0.1) is 6.10 Å². The molecule has 1 aliphatic heterocycles. The fourth-order valence-electron chi connectivity index (χ4n) is 4.82. The summed E-state index contributed by atoms with van der Waals surface area (Å²) in [7, 11) is 0. The van der Waals surface area contributed by atoms with E-state index < -0.39 is 59.5 Å². The number of fused-ring (bicyclic) bond motifs is 2. The number of hydrogen-bond donors (Lipinski definition) is 4. The maximum atomic E-state index is 12.6. The van der Waals surface area contributed by atoms with Crippen LogP contribution in [0.25, 0.3) is 10.8 Å². The highest BCUT2D eigenvalue weighted by molar-refractivity contribution is 8.09. The average Bonchev–Trinajstić information content (AvgIpc) is 3.38. The standard InChI is InChI=1S/C27H28N3O9PS/c1-5-26(34)24(30-14-13-20(31)28-25(30)33)37-21-22(27(21,26)35)39-40(41,29-16(4)23(32)36-15(2)3)38-19-12-8-10-17-9-6-7-11-18(17)19/h1,6-16,21-22,24,34-35H,2-4H3,(H,29,41)(H,28,31,33)/t16?,21?,22?,24-,26+,27+,40?/m1/s1. The number of aromatic nitrogens is 2. The molecule has 1 saturated heterocycles. The van der Waals surface area contributed by atoms with Gasteiger partial charge in [-0.25, -0.2) is 9.88 Å². The maximum Gasteiger partial charge on any atom is 0.330 e. The molecule has 4 unspecified atom stereocenters.